The highest BCUT2D eigenvalue weighted by molar-refractivity contribution is 5.19. The molecule has 1 atom stereocenters. The van der Waals surface area contributed by atoms with Crippen LogP contribution in [0.2, 0.25) is 0 Å². The Hall–Kier alpha value is -0.910. The summed E-state index contributed by atoms with van der Waals surface area (Å²) in [6, 6.07) is 0. The molecule has 1 unspecified atom stereocenters. The maximum atomic E-state index is 8.65. The van der Waals surface area contributed by atoms with Crippen molar-refractivity contribution in [1.82, 2.24) is 9.78 Å². The molecule has 0 spiro atoms. The third-order valence-electron chi connectivity index (χ3n) is 2.24. The number of nitrogens with two attached hydrogens (primary N) is 1. The summed E-state index contributed by atoms with van der Waals surface area (Å²) in [4.78, 5) is 0. The molecule has 0 radical (unpaired) electrons. The van der Waals surface area contributed by atoms with Gasteiger partial charge < -0.3 is 15.6 Å². The smallest absolute Gasteiger partial charge is 0.0981 e. The van der Waals surface area contributed by atoms with E-state index in [0.717, 1.165) is 11.3 Å². The van der Waals surface area contributed by atoms with E-state index < -0.39 is 0 Å². The summed E-state index contributed by atoms with van der Waals surface area (Å²) in [5, 5.41) is 12.8. The Morgan fingerprint density at radius 1 is 1.71 bits per heavy atom. The van der Waals surface area contributed by atoms with E-state index in [9.17, 15) is 0 Å². The largest absolute Gasteiger partial charge is 0.394 e. The Balaban J connectivity index is 2.73. The van der Waals surface area contributed by atoms with E-state index in [4.69, 9.17) is 15.6 Å². The molecular formula is C9H17N3O2. The maximum absolute atomic E-state index is 8.65. The molecule has 1 rings (SSSR count). The van der Waals surface area contributed by atoms with E-state index in [2.05, 4.69) is 5.10 Å². The molecule has 1 aromatic heterocycles. The highest BCUT2D eigenvalue weighted by atomic mass is 16.5. The Bertz CT molecular complexity index is 286. The third kappa shape index (κ3) is 2.31. The minimum absolute atomic E-state index is 0.00973. The molecule has 0 aromatic carbocycles. The standard InChI is InChI=1S/C9H17N3O2/c1-7-8(6-11-12(7)2)9(5-10)14-4-3-13/h6,9,13H,3-5,10H2,1-2H3. The van der Waals surface area contributed by atoms with Gasteiger partial charge in [-0.2, -0.15) is 5.10 Å². The molecule has 0 bridgehead atoms. The van der Waals surface area contributed by atoms with Crippen LogP contribution in [0.15, 0.2) is 6.20 Å². The summed E-state index contributed by atoms with van der Waals surface area (Å²) in [6.45, 7) is 2.67. The first-order valence-corrected chi connectivity index (χ1v) is 4.61. The average molecular weight is 199 g/mol. The van der Waals surface area contributed by atoms with Gasteiger partial charge in [0, 0.05) is 24.8 Å². The van der Waals surface area contributed by atoms with Gasteiger partial charge in [0.05, 0.1) is 25.5 Å². The lowest BCUT2D eigenvalue weighted by Crippen LogP contribution is -2.18. The molecule has 80 valence electrons. The number of nitrogens with zero attached hydrogens (tertiary/aromatic N) is 2. The number of aromatic nitrogens is 2. The van der Waals surface area contributed by atoms with Gasteiger partial charge in [-0.25, -0.2) is 0 Å². The van der Waals surface area contributed by atoms with E-state index >= 15 is 0 Å². The van der Waals surface area contributed by atoms with Crippen molar-refractivity contribution < 1.29 is 9.84 Å². The monoisotopic (exact) mass is 199 g/mol. The Labute approximate surface area is 83.5 Å². The van der Waals surface area contributed by atoms with Crippen molar-refractivity contribution in [3.8, 4) is 0 Å². The van der Waals surface area contributed by atoms with Gasteiger partial charge >= 0.3 is 0 Å². The van der Waals surface area contributed by atoms with Gasteiger partial charge in [-0.15, -0.1) is 0 Å². The Morgan fingerprint density at radius 2 is 2.43 bits per heavy atom. The summed E-state index contributed by atoms with van der Waals surface area (Å²) in [7, 11) is 1.87. The molecule has 0 saturated carbocycles. The van der Waals surface area contributed by atoms with Crippen LogP contribution in [0, 0.1) is 6.92 Å². The zero-order chi connectivity index (χ0) is 10.6. The van der Waals surface area contributed by atoms with Crippen molar-refractivity contribution in [3.05, 3.63) is 17.5 Å². The number of aryl methyl sites for hydroxylation is 1. The van der Waals surface area contributed by atoms with Crippen molar-refractivity contribution in [2.24, 2.45) is 12.8 Å². The summed E-state index contributed by atoms with van der Waals surface area (Å²) >= 11 is 0. The van der Waals surface area contributed by atoms with Crippen LogP contribution >= 0.6 is 0 Å². The number of aliphatic hydroxyl groups is 1. The summed E-state index contributed by atoms with van der Waals surface area (Å²) in [5.74, 6) is 0. The number of hydrogen-bond acceptors (Lipinski definition) is 4. The van der Waals surface area contributed by atoms with Crippen LogP contribution in [0.25, 0.3) is 0 Å². The molecule has 5 nitrogen and oxygen atoms in total. The van der Waals surface area contributed by atoms with E-state index in [1.54, 1.807) is 10.9 Å². The van der Waals surface area contributed by atoms with Gasteiger partial charge in [-0.05, 0) is 6.92 Å². The normalized spacial score (nSPS) is 13.1. The topological polar surface area (TPSA) is 73.3 Å². The number of aliphatic hydroxyl groups excluding tert-OH is 1. The summed E-state index contributed by atoms with van der Waals surface area (Å²) in [6.07, 6.45) is 1.58. The highest BCUT2D eigenvalue weighted by Gasteiger charge is 2.15. The van der Waals surface area contributed by atoms with E-state index in [0.29, 0.717) is 13.2 Å². The first kappa shape index (κ1) is 11.2. The molecule has 3 N–H and O–H groups in total. The highest BCUT2D eigenvalue weighted by Crippen LogP contribution is 2.18. The second-order valence-electron chi connectivity index (χ2n) is 3.13. The minimum Gasteiger partial charge on any atom is -0.394 e. The van der Waals surface area contributed by atoms with E-state index in [-0.39, 0.29) is 12.7 Å². The molecule has 0 saturated heterocycles. The molecule has 5 heteroatoms. The van der Waals surface area contributed by atoms with Crippen LogP contribution in [0.5, 0.6) is 0 Å². The van der Waals surface area contributed by atoms with Crippen molar-refractivity contribution in [2.75, 3.05) is 19.8 Å². The van der Waals surface area contributed by atoms with Crippen LogP contribution < -0.4 is 5.73 Å². The summed E-state index contributed by atoms with van der Waals surface area (Å²) < 4.78 is 7.17. The third-order valence-corrected chi connectivity index (χ3v) is 2.24. The first-order chi connectivity index (χ1) is 6.70. The molecule has 0 fully saturated rings. The van der Waals surface area contributed by atoms with Crippen molar-refractivity contribution >= 4 is 0 Å². The lowest BCUT2D eigenvalue weighted by molar-refractivity contribution is 0.0325. The zero-order valence-corrected chi connectivity index (χ0v) is 8.60. The fourth-order valence-electron chi connectivity index (χ4n) is 1.31. The molecule has 1 heterocycles. The lowest BCUT2D eigenvalue weighted by Gasteiger charge is -2.14. The molecular weight excluding hydrogens is 182 g/mol. The molecule has 1 aromatic rings. The molecule has 0 aliphatic heterocycles. The van der Waals surface area contributed by atoms with E-state index in [1.165, 1.54) is 0 Å². The van der Waals surface area contributed by atoms with Crippen LogP contribution in [-0.2, 0) is 11.8 Å². The van der Waals surface area contributed by atoms with Crippen LogP contribution in [0.4, 0.5) is 0 Å². The molecule has 0 amide bonds. The first-order valence-electron chi connectivity index (χ1n) is 4.61. The maximum Gasteiger partial charge on any atom is 0.0981 e. The van der Waals surface area contributed by atoms with Gasteiger partial charge in [0.2, 0.25) is 0 Å². The van der Waals surface area contributed by atoms with Crippen molar-refractivity contribution in [1.29, 1.82) is 0 Å². The van der Waals surface area contributed by atoms with Crippen LogP contribution in [-0.4, -0.2) is 34.6 Å². The van der Waals surface area contributed by atoms with Gasteiger partial charge in [-0.1, -0.05) is 0 Å². The predicted molar refractivity (Wildman–Crippen MR) is 52.8 cm³/mol. The Kier molecular flexibility index (Phi) is 4.06. The molecule has 0 aliphatic rings. The van der Waals surface area contributed by atoms with E-state index in [1.807, 2.05) is 14.0 Å². The number of hydrogen-bond donors (Lipinski definition) is 2. The van der Waals surface area contributed by atoms with Crippen molar-refractivity contribution in [2.45, 2.75) is 13.0 Å². The van der Waals surface area contributed by atoms with Gasteiger partial charge in [0.15, 0.2) is 0 Å². The summed E-state index contributed by atoms with van der Waals surface area (Å²) in [5.41, 5.74) is 7.61. The predicted octanol–water partition coefficient (Wildman–Crippen LogP) is -0.263. The van der Waals surface area contributed by atoms with Crippen LogP contribution in [0.3, 0.4) is 0 Å². The van der Waals surface area contributed by atoms with Gasteiger partial charge in [0.25, 0.3) is 0 Å². The number of rotatable bonds is 5. The minimum atomic E-state index is -0.171. The SMILES string of the molecule is Cc1c(C(CN)OCCO)cnn1C. The van der Waals surface area contributed by atoms with Gasteiger partial charge in [-0.3, -0.25) is 4.68 Å². The Morgan fingerprint density at radius 3 is 2.86 bits per heavy atom. The van der Waals surface area contributed by atoms with Crippen LogP contribution in [0.1, 0.15) is 17.4 Å². The lowest BCUT2D eigenvalue weighted by atomic mass is 10.1. The average Bonchev–Trinajstić information content (AvgIpc) is 2.51. The second kappa shape index (κ2) is 5.09. The fourth-order valence-corrected chi connectivity index (χ4v) is 1.31. The van der Waals surface area contributed by atoms with Gasteiger partial charge in [0.1, 0.15) is 0 Å². The quantitative estimate of drug-likeness (QED) is 0.685. The van der Waals surface area contributed by atoms with Crippen molar-refractivity contribution in [3.63, 3.8) is 0 Å². The molecule has 0 aliphatic carbocycles. The number of ether oxygens (including phenoxy) is 1. The zero-order valence-electron chi connectivity index (χ0n) is 8.60. The fraction of sp³-hybridized carbons (Fsp3) is 0.667. The second-order valence-corrected chi connectivity index (χ2v) is 3.13. The molecule has 14 heavy (non-hydrogen) atoms.